The fraction of sp³-hybridized carbons (Fsp3) is 0.529. The zero-order chi connectivity index (χ0) is 15.0. The van der Waals surface area contributed by atoms with Gasteiger partial charge in [0.05, 0.1) is 11.6 Å². The molecule has 0 aliphatic carbocycles. The Kier molecular flexibility index (Phi) is 3.77. The Morgan fingerprint density at radius 2 is 1.95 bits per heavy atom. The van der Waals surface area contributed by atoms with Gasteiger partial charge in [0, 0.05) is 23.6 Å². The molecular formula is C17H19FN2O. The lowest BCUT2D eigenvalue weighted by Gasteiger charge is -2.46. The number of carbonyl (C=O) groups excluding carboxylic acids is 1. The van der Waals surface area contributed by atoms with Crippen LogP contribution in [0.5, 0.6) is 0 Å². The summed E-state index contributed by atoms with van der Waals surface area (Å²) < 4.78 is 13.5. The van der Waals surface area contributed by atoms with Crippen LogP contribution in [-0.2, 0) is 0 Å². The van der Waals surface area contributed by atoms with E-state index in [4.69, 9.17) is 5.26 Å². The van der Waals surface area contributed by atoms with Gasteiger partial charge in [-0.2, -0.15) is 5.26 Å². The smallest absolute Gasteiger partial charge is 0.166 e. The maximum Gasteiger partial charge on any atom is 0.166 e. The number of carbonyl (C=O) groups is 1. The second-order valence-corrected chi connectivity index (χ2v) is 6.28. The monoisotopic (exact) mass is 286 g/mol. The first kappa shape index (κ1) is 14.2. The summed E-state index contributed by atoms with van der Waals surface area (Å²) in [5.74, 6) is -0.550. The standard InChI is InChI=1S/C17H19FN2O/c1-20-15-3-2-4-16(20)9-13(8-15)17(21)12-5-11(10-19)6-14(18)7-12/h5-7,13,15-16H,2-4,8-9H2,1H3. The van der Waals surface area contributed by atoms with Crippen LogP contribution in [0.4, 0.5) is 4.39 Å². The summed E-state index contributed by atoms with van der Waals surface area (Å²) in [4.78, 5) is 15.1. The van der Waals surface area contributed by atoms with Crippen LogP contribution in [0.2, 0.25) is 0 Å². The number of halogens is 1. The Labute approximate surface area is 124 Å². The normalized spacial score (nSPS) is 28.9. The minimum Gasteiger partial charge on any atom is -0.300 e. The van der Waals surface area contributed by atoms with Gasteiger partial charge in [0.15, 0.2) is 5.78 Å². The van der Waals surface area contributed by atoms with E-state index in [0.29, 0.717) is 17.6 Å². The van der Waals surface area contributed by atoms with Gasteiger partial charge in [-0.3, -0.25) is 4.79 Å². The molecule has 3 nitrogen and oxygen atoms in total. The van der Waals surface area contributed by atoms with Gasteiger partial charge in [0.2, 0.25) is 0 Å². The molecule has 3 rings (SSSR count). The summed E-state index contributed by atoms with van der Waals surface area (Å²) in [5, 5.41) is 8.91. The van der Waals surface area contributed by atoms with E-state index in [9.17, 15) is 9.18 Å². The van der Waals surface area contributed by atoms with E-state index < -0.39 is 5.82 Å². The van der Waals surface area contributed by atoms with E-state index in [1.54, 1.807) is 0 Å². The van der Waals surface area contributed by atoms with E-state index in [2.05, 4.69) is 11.9 Å². The third kappa shape index (κ3) is 2.71. The third-order valence-electron chi connectivity index (χ3n) is 5.02. The van der Waals surface area contributed by atoms with Crippen molar-refractivity contribution in [3.05, 3.63) is 35.1 Å². The number of nitriles is 1. The maximum absolute atomic E-state index is 13.5. The first-order chi connectivity index (χ1) is 10.1. The molecule has 0 N–H and O–H groups in total. The predicted molar refractivity (Wildman–Crippen MR) is 77.4 cm³/mol. The molecule has 0 aromatic heterocycles. The maximum atomic E-state index is 13.5. The highest BCUT2D eigenvalue weighted by Gasteiger charge is 2.38. The molecule has 2 heterocycles. The molecule has 2 aliphatic rings. The van der Waals surface area contributed by atoms with Crippen LogP contribution in [0.25, 0.3) is 0 Å². The molecule has 110 valence electrons. The summed E-state index contributed by atoms with van der Waals surface area (Å²) in [6.45, 7) is 0. The molecule has 1 aromatic carbocycles. The van der Waals surface area contributed by atoms with Crippen molar-refractivity contribution < 1.29 is 9.18 Å². The molecule has 0 saturated carbocycles. The van der Waals surface area contributed by atoms with Crippen molar-refractivity contribution in [3.63, 3.8) is 0 Å². The minimum atomic E-state index is -0.509. The lowest BCUT2D eigenvalue weighted by Crippen LogP contribution is -2.51. The number of rotatable bonds is 2. The molecule has 0 spiro atoms. The average molecular weight is 286 g/mol. The highest BCUT2D eigenvalue weighted by atomic mass is 19.1. The van der Waals surface area contributed by atoms with Gasteiger partial charge in [-0.15, -0.1) is 0 Å². The second-order valence-electron chi connectivity index (χ2n) is 6.28. The number of hydrogen-bond acceptors (Lipinski definition) is 3. The number of benzene rings is 1. The average Bonchev–Trinajstić information content (AvgIpc) is 2.45. The lowest BCUT2D eigenvalue weighted by molar-refractivity contribution is 0.0338. The van der Waals surface area contributed by atoms with Crippen molar-refractivity contribution >= 4 is 5.78 Å². The number of hydrogen-bond donors (Lipinski definition) is 0. The summed E-state index contributed by atoms with van der Waals surface area (Å²) in [6.07, 6.45) is 5.22. The number of nitrogens with zero attached hydrogens (tertiary/aromatic N) is 2. The van der Waals surface area contributed by atoms with Gasteiger partial charge in [-0.25, -0.2) is 4.39 Å². The van der Waals surface area contributed by atoms with E-state index in [1.807, 2.05) is 6.07 Å². The highest BCUT2D eigenvalue weighted by Crippen LogP contribution is 2.37. The minimum absolute atomic E-state index is 0.00370. The van der Waals surface area contributed by atoms with Gasteiger partial charge < -0.3 is 4.90 Å². The van der Waals surface area contributed by atoms with Crippen LogP contribution >= 0.6 is 0 Å². The molecule has 0 amide bonds. The fourth-order valence-corrected chi connectivity index (χ4v) is 3.86. The Morgan fingerprint density at radius 3 is 2.57 bits per heavy atom. The van der Waals surface area contributed by atoms with Crippen LogP contribution in [0.3, 0.4) is 0 Å². The molecule has 2 unspecified atom stereocenters. The van der Waals surface area contributed by atoms with E-state index >= 15 is 0 Å². The molecule has 0 radical (unpaired) electrons. The predicted octanol–water partition coefficient (Wildman–Crippen LogP) is 3.14. The molecular weight excluding hydrogens is 267 g/mol. The lowest BCUT2D eigenvalue weighted by atomic mass is 9.76. The van der Waals surface area contributed by atoms with E-state index in [-0.39, 0.29) is 17.3 Å². The molecule has 2 fully saturated rings. The number of ketones is 1. The molecule has 2 saturated heterocycles. The molecule has 2 bridgehead atoms. The Balaban J connectivity index is 1.83. The molecule has 4 heteroatoms. The summed E-state index contributed by atoms with van der Waals surface area (Å²) in [7, 11) is 2.14. The van der Waals surface area contributed by atoms with Crippen LogP contribution < -0.4 is 0 Å². The zero-order valence-corrected chi connectivity index (χ0v) is 12.2. The van der Waals surface area contributed by atoms with Gasteiger partial charge in [0.1, 0.15) is 5.82 Å². The first-order valence-corrected chi connectivity index (χ1v) is 7.55. The van der Waals surface area contributed by atoms with Crippen molar-refractivity contribution in [2.24, 2.45) is 5.92 Å². The van der Waals surface area contributed by atoms with Crippen LogP contribution in [0.1, 0.15) is 48.0 Å². The second kappa shape index (κ2) is 5.57. The summed E-state index contributed by atoms with van der Waals surface area (Å²) in [6, 6.07) is 6.79. The van der Waals surface area contributed by atoms with Gasteiger partial charge >= 0.3 is 0 Å². The summed E-state index contributed by atoms with van der Waals surface area (Å²) in [5.41, 5.74) is 0.561. The quantitative estimate of drug-likeness (QED) is 0.784. The molecule has 1 aromatic rings. The number of piperidine rings is 2. The van der Waals surface area contributed by atoms with Crippen molar-refractivity contribution in [2.45, 2.75) is 44.2 Å². The van der Waals surface area contributed by atoms with Crippen LogP contribution in [0, 0.1) is 23.1 Å². The molecule has 2 aliphatic heterocycles. The molecule has 2 atom stereocenters. The topological polar surface area (TPSA) is 44.1 Å². The van der Waals surface area contributed by atoms with Gasteiger partial charge in [-0.1, -0.05) is 6.42 Å². The van der Waals surface area contributed by atoms with Crippen LogP contribution in [-0.4, -0.2) is 29.8 Å². The first-order valence-electron chi connectivity index (χ1n) is 7.55. The summed E-state index contributed by atoms with van der Waals surface area (Å²) >= 11 is 0. The Bertz CT molecular complexity index is 593. The Hall–Kier alpha value is -1.73. The fourth-order valence-electron chi connectivity index (χ4n) is 3.86. The van der Waals surface area contributed by atoms with E-state index in [0.717, 1.165) is 25.7 Å². The number of fused-ring (bicyclic) bond motifs is 2. The third-order valence-corrected chi connectivity index (χ3v) is 5.02. The molecule has 21 heavy (non-hydrogen) atoms. The van der Waals surface area contributed by atoms with Gasteiger partial charge in [-0.05, 0) is 50.9 Å². The Morgan fingerprint density at radius 1 is 1.29 bits per heavy atom. The SMILES string of the molecule is CN1C2CCCC1CC(C(=O)c1cc(F)cc(C#N)c1)C2. The zero-order valence-electron chi connectivity index (χ0n) is 12.2. The van der Waals surface area contributed by atoms with Crippen molar-refractivity contribution in [1.29, 1.82) is 5.26 Å². The number of Topliss-reactive ketones (excluding diaryl/α,β-unsaturated/α-hetero) is 1. The van der Waals surface area contributed by atoms with Crippen LogP contribution in [0.15, 0.2) is 18.2 Å². The van der Waals surface area contributed by atoms with E-state index in [1.165, 1.54) is 24.6 Å². The van der Waals surface area contributed by atoms with Crippen molar-refractivity contribution in [1.82, 2.24) is 4.90 Å². The largest absolute Gasteiger partial charge is 0.300 e. The van der Waals surface area contributed by atoms with Gasteiger partial charge in [0.25, 0.3) is 0 Å². The highest BCUT2D eigenvalue weighted by molar-refractivity contribution is 5.98. The van der Waals surface area contributed by atoms with Crippen molar-refractivity contribution in [3.8, 4) is 6.07 Å². The van der Waals surface area contributed by atoms with Crippen molar-refractivity contribution in [2.75, 3.05) is 7.05 Å².